The number of nitrogens with one attached hydrogen (secondary N) is 1. The third-order valence-electron chi connectivity index (χ3n) is 3.95. The monoisotopic (exact) mass is 318 g/mol. The SMILES string of the molecule is CCOC(=O)c1cccc(NC(=O)C2CCN(C(C)=O)CC2)c1. The van der Waals surface area contributed by atoms with Gasteiger partial charge in [0.25, 0.3) is 0 Å². The number of carbonyl (C=O) groups excluding carboxylic acids is 3. The summed E-state index contributed by atoms with van der Waals surface area (Å²) in [6, 6.07) is 6.71. The van der Waals surface area contributed by atoms with Crippen molar-refractivity contribution in [3.63, 3.8) is 0 Å². The summed E-state index contributed by atoms with van der Waals surface area (Å²) in [5.74, 6) is -0.546. The summed E-state index contributed by atoms with van der Waals surface area (Å²) in [6.07, 6.45) is 1.31. The summed E-state index contributed by atoms with van der Waals surface area (Å²) in [7, 11) is 0. The van der Waals surface area contributed by atoms with Gasteiger partial charge in [-0.25, -0.2) is 4.79 Å². The quantitative estimate of drug-likeness (QED) is 0.862. The zero-order valence-corrected chi connectivity index (χ0v) is 13.5. The van der Waals surface area contributed by atoms with E-state index in [2.05, 4.69) is 5.32 Å². The van der Waals surface area contributed by atoms with Crippen LogP contribution in [0.25, 0.3) is 0 Å². The van der Waals surface area contributed by atoms with Gasteiger partial charge in [0.1, 0.15) is 0 Å². The van der Waals surface area contributed by atoms with E-state index in [-0.39, 0.29) is 17.7 Å². The summed E-state index contributed by atoms with van der Waals surface area (Å²) in [5.41, 5.74) is 0.991. The highest BCUT2D eigenvalue weighted by Gasteiger charge is 2.26. The molecular weight excluding hydrogens is 296 g/mol. The molecule has 1 aromatic rings. The summed E-state index contributed by atoms with van der Waals surface area (Å²) >= 11 is 0. The Kier molecular flexibility index (Phi) is 5.73. The Bertz CT molecular complexity index is 592. The third kappa shape index (κ3) is 4.55. The second-order valence-corrected chi connectivity index (χ2v) is 5.57. The summed E-state index contributed by atoms with van der Waals surface area (Å²) in [5, 5.41) is 2.84. The second kappa shape index (κ2) is 7.76. The highest BCUT2D eigenvalue weighted by Crippen LogP contribution is 2.20. The number of carbonyl (C=O) groups is 3. The van der Waals surface area contributed by atoms with Crippen LogP contribution >= 0.6 is 0 Å². The van der Waals surface area contributed by atoms with E-state index in [4.69, 9.17) is 4.74 Å². The van der Waals surface area contributed by atoms with E-state index in [0.29, 0.717) is 43.8 Å². The van der Waals surface area contributed by atoms with Crippen LogP contribution < -0.4 is 5.32 Å². The average Bonchev–Trinajstić information content (AvgIpc) is 2.55. The van der Waals surface area contributed by atoms with Gasteiger partial charge in [0.15, 0.2) is 0 Å². The molecule has 0 atom stereocenters. The van der Waals surface area contributed by atoms with Crippen molar-refractivity contribution in [2.75, 3.05) is 25.0 Å². The van der Waals surface area contributed by atoms with Crippen LogP contribution in [0.1, 0.15) is 37.0 Å². The van der Waals surface area contributed by atoms with Crippen molar-refractivity contribution < 1.29 is 19.1 Å². The van der Waals surface area contributed by atoms with Crippen molar-refractivity contribution >= 4 is 23.5 Å². The number of benzene rings is 1. The minimum atomic E-state index is -0.404. The Labute approximate surface area is 135 Å². The lowest BCUT2D eigenvalue weighted by molar-refractivity contribution is -0.132. The molecule has 0 aromatic heterocycles. The molecule has 2 amide bonds. The number of rotatable bonds is 4. The smallest absolute Gasteiger partial charge is 0.338 e. The first-order valence-electron chi connectivity index (χ1n) is 7.84. The second-order valence-electron chi connectivity index (χ2n) is 5.57. The van der Waals surface area contributed by atoms with Gasteiger partial charge in [-0.15, -0.1) is 0 Å². The van der Waals surface area contributed by atoms with Gasteiger partial charge in [-0.2, -0.15) is 0 Å². The summed E-state index contributed by atoms with van der Waals surface area (Å²) in [4.78, 5) is 37.1. The Morgan fingerprint density at radius 2 is 1.96 bits per heavy atom. The van der Waals surface area contributed by atoms with Gasteiger partial charge in [0.2, 0.25) is 11.8 Å². The molecule has 0 spiro atoms. The van der Waals surface area contributed by atoms with E-state index in [1.54, 1.807) is 43.0 Å². The number of hydrogen-bond donors (Lipinski definition) is 1. The molecule has 0 radical (unpaired) electrons. The highest BCUT2D eigenvalue weighted by molar-refractivity contribution is 5.95. The lowest BCUT2D eigenvalue weighted by Gasteiger charge is -2.30. The van der Waals surface area contributed by atoms with Crippen molar-refractivity contribution in [2.45, 2.75) is 26.7 Å². The Morgan fingerprint density at radius 3 is 2.57 bits per heavy atom. The maximum Gasteiger partial charge on any atom is 0.338 e. The number of ether oxygens (including phenoxy) is 1. The molecule has 0 aliphatic carbocycles. The zero-order valence-electron chi connectivity index (χ0n) is 13.5. The lowest BCUT2D eigenvalue weighted by atomic mass is 9.95. The lowest BCUT2D eigenvalue weighted by Crippen LogP contribution is -2.40. The van der Waals surface area contributed by atoms with Gasteiger partial charge in [0, 0.05) is 31.6 Å². The topological polar surface area (TPSA) is 75.7 Å². The van der Waals surface area contributed by atoms with Crippen molar-refractivity contribution in [2.24, 2.45) is 5.92 Å². The summed E-state index contributed by atoms with van der Waals surface area (Å²) < 4.78 is 4.95. The van der Waals surface area contributed by atoms with E-state index in [9.17, 15) is 14.4 Å². The van der Waals surface area contributed by atoms with Crippen LogP contribution in [0, 0.1) is 5.92 Å². The van der Waals surface area contributed by atoms with Crippen molar-refractivity contribution in [1.29, 1.82) is 0 Å². The molecule has 0 saturated carbocycles. The maximum absolute atomic E-state index is 12.3. The largest absolute Gasteiger partial charge is 0.462 e. The maximum atomic E-state index is 12.3. The molecule has 124 valence electrons. The molecule has 1 N–H and O–H groups in total. The number of esters is 1. The molecule has 2 rings (SSSR count). The fourth-order valence-corrected chi connectivity index (χ4v) is 2.64. The summed E-state index contributed by atoms with van der Waals surface area (Å²) in [6.45, 7) is 4.81. The molecule has 0 unspecified atom stereocenters. The zero-order chi connectivity index (χ0) is 16.8. The first-order valence-corrected chi connectivity index (χ1v) is 7.84. The van der Waals surface area contributed by atoms with Crippen LogP contribution in [0.5, 0.6) is 0 Å². The van der Waals surface area contributed by atoms with Crippen LogP contribution in [0.3, 0.4) is 0 Å². The van der Waals surface area contributed by atoms with Gasteiger partial charge in [-0.1, -0.05) is 6.07 Å². The number of likely N-dealkylation sites (tertiary alicyclic amines) is 1. The van der Waals surface area contributed by atoms with Crippen LogP contribution in [-0.4, -0.2) is 42.4 Å². The first kappa shape index (κ1) is 17.0. The Balaban J connectivity index is 1.94. The van der Waals surface area contributed by atoms with Crippen LogP contribution in [0.2, 0.25) is 0 Å². The molecule has 1 fully saturated rings. The molecule has 6 heteroatoms. The van der Waals surface area contributed by atoms with Gasteiger partial charge < -0.3 is 15.0 Å². The van der Waals surface area contributed by atoms with E-state index in [1.807, 2.05) is 0 Å². The molecule has 6 nitrogen and oxygen atoms in total. The van der Waals surface area contributed by atoms with E-state index < -0.39 is 5.97 Å². The Hall–Kier alpha value is -2.37. The standard InChI is InChI=1S/C17H22N2O4/c1-3-23-17(22)14-5-4-6-15(11-14)18-16(21)13-7-9-19(10-8-13)12(2)20/h4-6,11,13H,3,7-10H2,1-2H3,(H,18,21). The fraction of sp³-hybridized carbons (Fsp3) is 0.471. The number of amides is 2. The number of anilines is 1. The van der Waals surface area contributed by atoms with E-state index in [0.717, 1.165) is 0 Å². The molecule has 1 aliphatic heterocycles. The van der Waals surface area contributed by atoms with Crippen molar-refractivity contribution in [1.82, 2.24) is 4.90 Å². The van der Waals surface area contributed by atoms with Gasteiger partial charge in [-0.05, 0) is 38.0 Å². The van der Waals surface area contributed by atoms with Crippen molar-refractivity contribution in [3.8, 4) is 0 Å². The molecule has 1 heterocycles. The van der Waals surface area contributed by atoms with E-state index in [1.165, 1.54) is 0 Å². The number of piperidine rings is 1. The van der Waals surface area contributed by atoms with Gasteiger partial charge >= 0.3 is 5.97 Å². The van der Waals surface area contributed by atoms with Gasteiger partial charge in [-0.3, -0.25) is 9.59 Å². The van der Waals surface area contributed by atoms with Crippen LogP contribution in [-0.2, 0) is 14.3 Å². The fourth-order valence-electron chi connectivity index (χ4n) is 2.64. The van der Waals surface area contributed by atoms with E-state index >= 15 is 0 Å². The number of nitrogens with zero attached hydrogens (tertiary/aromatic N) is 1. The van der Waals surface area contributed by atoms with Crippen LogP contribution in [0.15, 0.2) is 24.3 Å². The highest BCUT2D eigenvalue weighted by atomic mass is 16.5. The van der Waals surface area contributed by atoms with Gasteiger partial charge in [0.05, 0.1) is 12.2 Å². The normalized spacial score (nSPS) is 15.1. The molecule has 1 saturated heterocycles. The molecule has 1 aromatic carbocycles. The van der Waals surface area contributed by atoms with Crippen LogP contribution in [0.4, 0.5) is 5.69 Å². The molecule has 1 aliphatic rings. The average molecular weight is 318 g/mol. The Morgan fingerprint density at radius 1 is 1.26 bits per heavy atom. The first-order chi connectivity index (χ1) is 11.0. The molecular formula is C17H22N2O4. The number of hydrogen-bond acceptors (Lipinski definition) is 4. The van der Waals surface area contributed by atoms with Crippen molar-refractivity contribution in [3.05, 3.63) is 29.8 Å². The molecule has 0 bridgehead atoms. The minimum Gasteiger partial charge on any atom is -0.462 e. The predicted molar refractivity (Wildman–Crippen MR) is 86.0 cm³/mol. The minimum absolute atomic E-state index is 0.0472. The molecule has 23 heavy (non-hydrogen) atoms. The predicted octanol–water partition coefficient (Wildman–Crippen LogP) is 2.06. The third-order valence-corrected chi connectivity index (χ3v) is 3.95.